The Morgan fingerprint density at radius 1 is 1.16 bits per heavy atom. The molecule has 2 aliphatic rings. The number of hydrogen-bond acceptors (Lipinski definition) is 7. The van der Waals surface area contributed by atoms with Crippen molar-refractivity contribution < 1.29 is 19.2 Å². The number of aliphatic hydroxyl groups is 1. The summed E-state index contributed by atoms with van der Waals surface area (Å²) in [6.45, 7) is 6.22. The first-order valence-corrected chi connectivity index (χ1v) is 12.7. The van der Waals surface area contributed by atoms with Crippen molar-refractivity contribution in [2.24, 2.45) is 5.92 Å². The van der Waals surface area contributed by atoms with Crippen LogP contribution in [-0.2, 0) is 16.1 Å². The number of rotatable bonds is 10. The molecule has 0 radical (unpaired) electrons. The van der Waals surface area contributed by atoms with E-state index >= 15 is 0 Å². The number of nitrogens with one attached hydrogen (secondary N) is 1. The Kier molecular flexibility index (Phi) is 9.53. The van der Waals surface area contributed by atoms with Crippen LogP contribution in [0.1, 0.15) is 122 Å². The fourth-order valence-electron chi connectivity index (χ4n) is 5.05. The molecule has 182 valence electrons. The number of nitrogens with zero attached hydrogens (tertiary/aromatic N) is 2. The van der Waals surface area contributed by atoms with E-state index in [-0.39, 0.29) is 24.4 Å². The van der Waals surface area contributed by atoms with Gasteiger partial charge in [-0.15, -0.1) is 0 Å². The summed E-state index contributed by atoms with van der Waals surface area (Å²) in [5, 5.41) is 17.3. The predicted octanol–water partition coefficient (Wildman–Crippen LogP) is 5.03. The van der Waals surface area contributed by atoms with Gasteiger partial charge in [0.2, 0.25) is 5.89 Å². The number of esters is 1. The third-order valence-electron chi connectivity index (χ3n) is 6.80. The van der Waals surface area contributed by atoms with Gasteiger partial charge in [-0.2, -0.15) is 4.98 Å². The first kappa shape index (κ1) is 25.2. The molecule has 2 N–H and O–H groups in total. The average Bonchev–Trinajstić information content (AvgIpc) is 3.21. The second-order valence-corrected chi connectivity index (χ2v) is 10.9. The molecule has 1 aromatic rings. The predicted molar refractivity (Wildman–Crippen MR) is 123 cm³/mol. The van der Waals surface area contributed by atoms with E-state index in [0.29, 0.717) is 24.3 Å². The molecule has 0 aliphatic heterocycles. The Bertz CT molecular complexity index is 686. The second kappa shape index (κ2) is 12.1. The molecule has 1 atom stereocenters. The van der Waals surface area contributed by atoms with E-state index in [2.05, 4.69) is 15.5 Å². The van der Waals surface area contributed by atoms with Crippen LogP contribution in [0.5, 0.6) is 0 Å². The van der Waals surface area contributed by atoms with Crippen molar-refractivity contribution in [1.82, 2.24) is 15.5 Å². The van der Waals surface area contributed by atoms with Gasteiger partial charge in [0.25, 0.3) is 0 Å². The summed E-state index contributed by atoms with van der Waals surface area (Å²) < 4.78 is 11.2. The van der Waals surface area contributed by atoms with Crippen molar-refractivity contribution in [3.05, 3.63) is 11.7 Å². The molecule has 0 bridgehead atoms. The molecule has 3 rings (SSSR count). The quantitative estimate of drug-likeness (QED) is 0.484. The molecule has 2 saturated carbocycles. The molecule has 2 fully saturated rings. The fourth-order valence-corrected chi connectivity index (χ4v) is 5.05. The van der Waals surface area contributed by atoms with Crippen LogP contribution in [0.25, 0.3) is 0 Å². The van der Waals surface area contributed by atoms with E-state index in [4.69, 9.17) is 9.26 Å². The third kappa shape index (κ3) is 8.81. The van der Waals surface area contributed by atoms with Gasteiger partial charge in [0.1, 0.15) is 5.60 Å². The molecular weight excluding hydrogens is 406 g/mol. The molecule has 2 aliphatic carbocycles. The smallest absolute Gasteiger partial charge is 0.307 e. The number of aromatic nitrogens is 2. The Balaban J connectivity index is 1.54. The van der Waals surface area contributed by atoms with Crippen molar-refractivity contribution in [2.45, 2.75) is 134 Å². The summed E-state index contributed by atoms with van der Waals surface area (Å²) >= 11 is 0. The molecular formula is C25H43N3O4. The van der Waals surface area contributed by atoms with E-state index in [1.807, 2.05) is 20.8 Å². The molecule has 0 aromatic carbocycles. The Hall–Kier alpha value is -1.47. The average molecular weight is 450 g/mol. The minimum atomic E-state index is -0.499. The first-order valence-electron chi connectivity index (χ1n) is 12.7. The molecule has 32 heavy (non-hydrogen) atoms. The van der Waals surface area contributed by atoms with Crippen LogP contribution in [0.3, 0.4) is 0 Å². The standard InChI is InChI=1S/C25H43N3O4/c1-25(2,3)31-23(30)16-19(11-7-10-18-8-5-4-6-9-18)24-27-22(28-32-24)17-26-20-12-14-21(29)15-13-20/h18-21,26,29H,4-17H2,1-3H3/t19-,20?,21?/m1/s1. The van der Waals surface area contributed by atoms with Gasteiger partial charge >= 0.3 is 5.97 Å². The summed E-state index contributed by atoms with van der Waals surface area (Å²) in [5.41, 5.74) is -0.499. The van der Waals surface area contributed by atoms with Crippen molar-refractivity contribution in [2.75, 3.05) is 0 Å². The number of hydrogen-bond donors (Lipinski definition) is 2. The maximum absolute atomic E-state index is 12.5. The maximum Gasteiger partial charge on any atom is 0.307 e. The molecule has 1 aromatic heterocycles. The third-order valence-corrected chi connectivity index (χ3v) is 6.80. The van der Waals surface area contributed by atoms with E-state index in [1.54, 1.807) is 0 Å². The molecule has 7 heteroatoms. The zero-order valence-electron chi connectivity index (χ0n) is 20.3. The lowest BCUT2D eigenvalue weighted by molar-refractivity contribution is -0.155. The molecule has 0 saturated heterocycles. The van der Waals surface area contributed by atoms with E-state index < -0.39 is 5.60 Å². The summed E-state index contributed by atoms with van der Waals surface area (Å²) in [6, 6.07) is 0.383. The monoisotopic (exact) mass is 449 g/mol. The Morgan fingerprint density at radius 3 is 2.56 bits per heavy atom. The second-order valence-electron chi connectivity index (χ2n) is 10.9. The van der Waals surface area contributed by atoms with E-state index in [9.17, 15) is 9.90 Å². The lowest BCUT2D eigenvalue weighted by Crippen LogP contribution is -2.34. The van der Waals surface area contributed by atoms with Crippen LogP contribution in [0.15, 0.2) is 4.52 Å². The summed E-state index contributed by atoms with van der Waals surface area (Å²) in [6.07, 6.45) is 13.6. The highest BCUT2D eigenvalue weighted by atomic mass is 16.6. The zero-order chi connectivity index (χ0) is 23.0. The molecule has 7 nitrogen and oxygen atoms in total. The van der Waals surface area contributed by atoms with Gasteiger partial charge in [-0.25, -0.2) is 0 Å². The summed E-state index contributed by atoms with van der Waals surface area (Å²) in [7, 11) is 0. The van der Waals surface area contributed by atoms with Gasteiger partial charge in [-0.3, -0.25) is 4.79 Å². The number of ether oxygens (including phenoxy) is 1. The number of carbonyl (C=O) groups excluding carboxylic acids is 1. The Labute approximate surface area is 193 Å². The highest BCUT2D eigenvalue weighted by Gasteiger charge is 2.27. The summed E-state index contributed by atoms with van der Waals surface area (Å²) in [4.78, 5) is 17.2. The topological polar surface area (TPSA) is 97.5 Å². The van der Waals surface area contributed by atoms with Crippen LogP contribution < -0.4 is 5.32 Å². The van der Waals surface area contributed by atoms with Gasteiger partial charge in [0.15, 0.2) is 5.82 Å². The minimum Gasteiger partial charge on any atom is -0.460 e. The lowest BCUT2D eigenvalue weighted by Gasteiger charge is -2.25. The van der Waals surface area contributed by atoms with Crippen LogP contribution in [-0.4, -0.2) is 39.0 Å². The summed E-state index contributed by atoms with van der Waals surface area (Å²) in [5.74, 6) is 1.70. The minimum absolute atomic E-state index is 0.0977. The van der Waals surface area contributed by atoms with Crippen molar-refractivity contribution in [3.63, 3.8) is 0 Å². The van der Waals surface area contributed by atoms with E-state index in [0.717, 1.165) is 44.4 Å². The Morgan fingerprint density at radius 2 is 1.88 bits per heavy atom. The molecule has 0 amide bonds. The molecule has 0 spiro atoms. The van der Waals surface area contributed by atoms with Gasteiger partial charge < -0.3 is 19.7 Å². The highest BCUT2D eigenvalue weighted by molar-refractivity contribution is 5.70. The fraction of sp³-hybridized carbons (Fsp3) is 0.880. The lowest BCUT2D eigenvalue weighted by atomic mass is 9.84. The zero-order valence-corrected chi connectivity index (χ0v) is 20.3. The molecule has 1 heterocycles. The van der Waals surface area contributed by atoms with Crippen LogP contribution in [0.2, 0.25) is 0 Å². The van der Waals surface area contributed by atoms with Crippen molar-refractivity contribution in [1.29, 1.82) is 0 Å². The van der Waals surface area contributed by atoms with Crippen molar-refractivity contribution in [3.8, 4) is 0 Å². The van der Waals surface area contributed by atoms with Crippen LogP contribution in [0, 0.1) is 5.92 Å². The first-order chi connectivity index (χ1) is 15.3. The number of aliphatic hydroxyl groups excluding tert-OH is 1. The largest absolute Gasteiger partial charge is 0.460 e. The number of carbonyl (C=O) groups is 1. The van der Waals surface area contributed by atoms with Gasteiger partial charge in [-0.05, 0) is 58.8 Å². The van der Waals surface area contributed by atoms with E-state index in [1.165, 1.54) is 38.5 Å². The molecule has 0 unspecified atom stereocenters. The van der Waals surface area contributed by atoms with Gasteiger partial charge in [-0.1, -0.05) is 50.1 Å². The SMILES string of the molecule is CC(C)(C)OC(=O)C[C@@H](CCCC1CCCCC1)c1nc(CNC2CCC(O)CC2)no1. The maximum atomic E-state index is 12.5. The highest BCUT2D eigenvalue weighted by Crippen LogP contribution is 2.31. The van der Waals surface area contributed by atoms with Gasteiger partial charge in [0.05, 0.1) is 19.1 Å². The van der Waals surface area contributed by atoms with Crippen molar-refractivity contribution >= 4 is 5.97 Å². The normalized spacial score (nSPS) is 23.8. The van der Waals surface area contributed by atoms with Gasteiger partial charge in [0, 0.05) is 12.0 Å². The van der Waals surface area contributed by atoms with Crippen LogP contribution >= 0.6 is 0 Å². The van der Waals surface area contributed by atoms with Crippen LogP contribution in [0.4, 0.5) is 0 Å².